The molecule has 8 nitrogen and oxygen atoms in total. The molecule has 27 heavy (non-hydrogen) atoms. The minimum Gasteiger partial charge on any atom is -0.490 e. The fraction of sp³-hybridized carbons (Fsp3) is 0.316. The molecule has 0 aliphatic carbocycles. The first kappa shape index (κ1) is 20.2. The summed E-state index contributed by atoms with van der Waals surface area (Å²) in [6.07, 6.45) is 0. The molecule has 2 rings (SSSR count). The average molecular weight is 374 g/mol. The lowest BCUT2D eigenvalue weighted by Crippen LogP contribution is -2.14. The summed E-state index contributed by atoms with van der Waals surface area (Å²) in [6, 6.07) is 11.7. The molecule has 0 fully saturated rings. The fourth-order valence-corrected chi connectivity index (χ4v) is 2.33. The predicted octanol–water partition coefficient (Wildman–Crippen LogP) is 3.20. The van der Waals surface area contributed by atoms with Crippen LogP contribution in [0, 0.1) is 17.0 Å². The second-order valence-electron chi connectivity index (χ2n) is 5.66. The van der Waals surface area contributed by atoms with Crippen molar-refractivity contribution in [2.45, 2.75) is 6.92 Å². The molecule has 0 amide bonds. The summed E-state index contributed by atoms with van der Waals surface area (Å²) in [7, 11) is 1.54. The summed E-state index contributed by atoms with van der Waals surface area (Å²) >= 11 is 0. The van der Waals surface area contributed by atoms with Crippen molar-refractivity contribution in [3.05, 3.63) is 63.7 Å². The van der Waals surface area contributed by atoms with E-state index in [0.29, 0.717) is 18.8 Å². The number of nitrogens with zero attached hydrogens (tertiary/aromatic N) is 1. The van der Waals surface area contributed by atoms with Crippen molar-refractivity contribution >= 4 is 17.3 Å². The predicted molar refractivity (Wildman–Crippen MR) is 100 cm³/mol. The summed E-state index contributed by atoms with van der Waals surface area (Å²) in [4.78, 5) is 22.8. The number of carbonyl (C=O) groups is 1. The van der Waals surface area contributed by atoms with Crippen molar-refractivity contribution in [3.8, 4) is 5.75 Å². The van der Waals surface area contributed by atoms with E-state index in [0.717, 1.165) is 11.3 Å². The summed E-state index contributed by atoms with van der Waals surface area (Å²) < 4.78 is 15.6. The van der Waals surface area contributed by atoms with Crippen LogP contribution in [0.2, 0.25) is 0 Å². The van der Waals surface area contributed by atoms with Crippen LogP contribution in [-0.4, -0.2) is 44.4 Å². The second-order valence-corrected chi connectivity index (χ2v) is 5.66. The highest BCUT2D eigenvalue weighted by Gasteiger charge is 2.18. The number of methoxy groups -OCH3 is 1. The molecule has 0 heterocycles. The number of hydrogen-bond acceptors (Lipinski definition) is 7. The first-order valence-electron chi connectivity index (χ1n) is 8.39. The molecule has 0 spiro atoms. The number of esters is 1. The Labute approximate surface area is 157 Å². The number of benzene rings is 2. The monoisotopic (exact) mass is 374 g/mol. The molecule has 0 atom stereocenters. The van der Waals surface area contributed by atoms with E-state index >= 15 is 0 Å². The van der Waals surface area contributed by atoms with E-state index in [4.69, 9.17) is 14.2 Å². The van der Waals surface area contributed by atoms with Gasteiger partial charge in [0.2, 0.25) is 0 Å². The van der Waals surface area contributed by atoms with Crippen LogP contribution in [0.3, 0.4) is 0 Å². The summed E-state index contributed by atoms with van der Waals surface area (Å²) in [6.45, 7) is 2.96. The number of aryl methyl sites for hydroxylation is 1. The van der Waals surface area contributed by atoms with Crippen molar-refractivity contribution in [1.82, 2.24) is 0 Å². The molecule has 0 radical (unpaired) electrons. The van der Waals surface area contributed by atoms with Gasteiger partial charge in [-0.1, -0.05) is 18.2 Å². The number of hydrogen-bond donors (Lipinski definition) is 1. The van der Waals surface area contributed by atoms with E-state index in [2.05, 4.69) is 5.32 Å². The van der Waals surface area contributed by atoms with Crippen molar-refractivity contribution < 1.29 is 23.9 Å². The third-order valence-corrected chi connectivity index (χ3v) is 3.72. The molecule has 144 valence electrons. The van der Waals surface area contributed by atoms with Gasteiger partial charge in [-0.3, -0.25) is 10.1 Å². The number of rotatable bonds is 10. The first-order chi connectivity index (χ1) is 13.0. The number of para-hydroxylation sites is 1. The first-order valence-corrected chi connectivity index (χ1v) is 8.39. The van der Waals surface area contributed by atoms with Gasteiger partial charge in [0, 0.05) is 19.7 Å². The van der Waals surface area contributed by atoms with Gasteiger partial charge in [-0.05, 0) is 30.7 Å². The minimum absolute atomic E-state index is 0.0365. The van der Waals surface area contributed by atoms with E-state index in [9.17, 15) is 14.9 Å². The van der Waals surface area contributed by atoms with Gasteiger partial charge in [0.25, 0.3) is 5.69 Å². The van der Waals surface area contributed by atoms with Crippen LogP contribution in [0.1, 0.15) is 15.9 Å². The van der Waals surface area contributed by atoms with Gasteiger partial charge in [-0.15, -0.1) is 0 Å². The number of nitro benzene ring substituents is 1. The lowest BCUT2D eigenvalue weighted by atomic mass is 10.1. The summed E-state index contributed by atoms with van der Waals surface area (Å²) in [5.41, 5.74) is 1.21. The highest BCUT2D eigenvalue weighted by atomic mass is 16.6. The smallest absolute Gasteiger partial charge is 0.338 e. The molecule has 2 aromatic carbocycles. The van der Waals surface area contributed by atoms with Gasteiger partial charge < -0.3 is 19.5 Å². The van der Waals surface area contributed by atoms with Crippen LogP contribution in [0.15, 0.2) is 42.5 Å². The van der Waals surface area contributed by atoms with E-state index in [-0.39, 0.29) is 24.5 Å². The molecule has 8 heteroatoms. The third-order valence-electron chi connectivity index (χ3n) is 3.72. The standard InChI is InChI=1S/C19H22N2O6/c1-14-5-3-4-6-18(14)26-11-12-27-19(22)15-7-8-16(20-9-10-25-2)17(13-15)21(23)24/h3-8,13,20H,9-12H2,1-2H3. The summed E-state index contributed by atoms with van der Waals surface area (Å²) in [5, 5.41) is 14.1. The van der Waals surface area contributed by atoms with Crippen LogP contribution in [0.4, 0.5) is 11.4 Å². The van der Waals surface area contributed by atoms with Gasteiger partial charge in [-0.2, -0.15) is 0 Å². The molecule has 1 N–H and O–H groups in total. The van der Waals surface area contributed by atoms with Gasteiger partial charge in [0.05, 0.1) is 17.1 Å². The Morgan fingerprint density at radius 3 is 2.63 bits per heavy atom. The van der Waals surface area contributed by atoms with Gasteiger partial charge >= 0.3 is 5.97 Å². The highest BCUT2D eigenvalue weighted by molar-refractivity contribution is 5.91. The number of anilines is 1. The molecule has 0 bridgehead atoms. The molecule has 2 aromatic rings. The van der Waals surface area contributed by atoms with E-state index in [1.807, 2.05) is 31.2 Å². The van der Waals surface area contributed by atoms with E-state index in [1.54, 1.807) is 0 Å². The topological polar surface area (TPSA) is 99.9 Å². The minimum atomic E-state index is -0.644. The van der Waals surface area contributed by atoms with E-state index < -0.39 is 10.9 Å². The van der Waals surface area contributed by atoms with E-state index in [1.165, 1.54) is 25.3 Å². The Kier molecular flexibility index (Phi) is 7.57. The zero-order chi connectivity index (χ0) is 19.6. The Morgan fingerprint density at radius 2 is 1.93 bits per heavy atom. The van der Waals surface area contributed by atoms with Gasteiger partial charge in [0.15, 0.2) is 0 Å². The SMILES string of the molecule is COCCNc1ccc(C(=O)OCCOc2ccccc2C)cc1[N+](=O)[O-]. The summed E-state index contributed by atoms with van der Waals surface area (Å²) in [5.74, 6) is 0.0746. The van der Waals surface area contributed by atoms with Gasteiger partial charge in [-0.25, -0.2) is 4.79 Å². The highest BCUT2D eigenvalue weighted by Crippen LogP contribution is 2.25. The molecule has 0 aliphatic rings. The Hall–Kier alpha value is -3.13. The van der Waals surface area contributed by atoms with Crippen molar-refractivity contribution in [2.24, 2.45) is 0 Å². The Bertz CT molecular complexity index is 794. The van der Waals surface area contributed by atoms with Crippen LogP contribution in [-0.2, 0) is 9.47 Å². The third kappa shape index (κ3) is 5.96. The van der Waals surface area contributed by atoms with Crippen LogP contribution >= 0.6 is 0 Å². The molecular weight excluding hydrogens is 352 g/mol. The normalized spacial score (nSPS) is 10.3. The lowest BCUT2D eigenvalue weighted by molar-refractivity contribution is -0.384. The fourth-order valence-electron chi connectivity index (χ4n) is 2.33. The largest absolute Gasteiger partial charge is 0.490 e. The van der Waals surface area contributed by atoms with Crippen LogP contribution in [0.5, 0.6) is 5.75 Å². The Balaban J connectivity index is 1.92. The van der Waals surface area contributed by atoms with Crippen LogP contribution in [0.25, 0.3) is 0 Å². The average Bonchev–Trinajstić information content (AvgIpc) is 2.66. The molecule has 0 saturated heterocycles. The molecule has 0 unspecified atom stereocenters. The van der Waals surface area contributed by atoms with Crippen molar-refractivity contribution in [1.29, 1.82) is 0 Å². The maximum Gasteiger partial charge on any atom is 0.338 e. The zero-order valence-electron chi connectivity index (χ0n) is 15.3. The molecule has 0 aliphatic heterocycles. The van der Waals surface area contributed by atoms with Crippen molar-refractivity contribution in [3.63, 3.8) is 0 Å². The molecule has 0 saturated carbocycles. The number of ether oxygens (including phenoxy) is 3. The quantitative estimate of drug-likeness (QED) is 0.295. The zero-order valence-corrected chi connectivity index (χ0v) is 15.3. The second kappa shape index (κ2) is 10.1. The van der Waals surface area contributed by atoms with Gasteiger partial charge in [0.1, 0.15) is 24.7 Å². The molecule has 0 aromatic heterocycles. The Morgan fingerprint density at radius 1 is 1.15 bits per heavy atom. The number of carbonyl (C=O) groups excluding carboxylic acids is 1. The number of nitro groups is 1. The van der Waals surface area contributed by atoms with Crippen LogP contribution < -0.4 is 10.1 Å². The maximum absolute atomic E-state index is 12.1. The maximum atomic E-state index is 12.1. The van der Waals surface area contributed by atoms with Crippen molar-refractivity contribution in [2.75, 3.05) is 38.8 Å². The lowest BCUT2D eigenvalue weighted by Gasteiger charge is -2.10. The molecular formula is C19H22N2O6. The number of nitrogens with one attached hydrogen (secondary N) is 1.